The monoisotopic (exact) mass is 239 g/mol. The van der Waals surface area contributed by atoms with Crippen LogP contribution < -0.4 is 5.32 Å². The zero-order valence-electron chi connectivity index (χ0n) is 11.1. The fourth-order valence-electron chi connectivity index (χ4n) is 3.63. The van der Waals surface area contributed by atoms with Crippen LogP contribution in [-0.2, 0) is 9.53 Å². The van der Waals surface area contributed by atoms with Crippen molar-refractivity contribution in [1.82, 2.24) is 5.32 Å². The molecule has 2 rings (SSSR count). The summed E-state index contributed by atoms with van der Waals surface area (Å²) in [6.45, 7) is 6.44. The predicted molar refractivity (Wildman–Crippen MR) is 67.7 cm³/mol. The Balaban J connectivity index is 2.07. The van der Waals surface area contributed by atoms with Gasteiger partial charge in [-0.3, -0.25) is 4.79 Å². The van der Waals surface area contributed by atoms with Gasteiger partial charge in [0.15, 0.2) is 0 Å². The van der Waals surface area contributed by atoms with E-state index in [-0.39, 0.29) is 17.3 Å². The van der Waals surface area contributed by atoms with E-state index in [0.717, 1.165) is 13.1 Å². The first kappa shape index (κ1) is 12.9. The Kier molecular flexibility index (Phi) is 4.08. The maximum atomic E-state index is 12.0. The molecule has 2 aliphatic rings. The van der Waals surface area contributed by atoms with Crippen molar-refractivity contribution in [3.8, 4) is 0 Å². The summed E-state index contributed by atoms with van der Waals surface area (Å²) in [7, 11) is 0. The van der Waals surface area contributed by atoms with Crippen LogP contribution in [0.2, 0.25) is 0 Å². The lowest BCUT2D eigenvalue weighted by atomic mass is 9.65. The van der Waals surface area contributed by atoms with Gasteiger partial charge in [-0.15, -0.1) is 0 Å². The average Bonchev–Trinajstić information content (AvgIpc) is 2.74. The third-order valence-electron chi connectivity index (χ3n) is 4.76. The topological polar surface area (TPSA) is 38.3 Å². The Hall–Kier alpha value is -0.570. The predicted octanol–water partition coefficient (Wildman–Crippen LogP) is 2.36. The third kappa shape index (κ3) is 2.49. The highest BCUT2D eigenvalue weighted by Gasteiger charge is 2.48. The molecule has 1 heterocycles. The molecule has 0 bridgehead atoms. The highest BCUT2D eigenvalue weighted by Crippen LogP contribution is 2.45. The van der Waals surface area contributed by atoms with Gasteiger partial charge < -0.3 is 10.1 Å². The molecular formula is C14H25NO2. The fourth-order valence-corrected chi connectivity index (χ4v) is 3.63. The maximum absolute atomic E-state index is 12.0. The summed E-state index contributed by atoms with van der Waals surface area (Å²) in [4.78, 5) is 12.0. The molecule has 1 saturated heterocycles. The number of carbonyl (C=O) groups excluding carboxylic acids is 1. The number of carbonyl (C=O) groups is 1. The molecule has 1 aliphatic carbocycles. The number of rotatable bonds is 3. The number of hydrogen-bond donors (Lipinski definition) is 1. The van der Waals surface area contributed by atoms with Crippen molar-refractivity contribution in [1.29, 1.82) is 0 Å². The van der Waals surface area contributed by atoms with Crippen LogP contribution in [0.25, 0.3) is 0 Å². The van der Waals surface area contributed by atoms with Crippen LogP contribution in [0.4, 0.5) is 0 Å². The second-order valence-electron chi connectivity index (χ2n) is 5.78. The Morgan fingerprint density at radius 2 is 2.06 bits per heavy atom. The van der Waals surface area contributed by atoms with Gasteiger partial charge in [0, 0.05) is 13.1 Å². The average molecular weight is 239 g/mol. The molecule has 0 spiro atoms. The molecule has 2 unspecified atom stereocenters. The van der Waals surface area contributed by atoms with Crippen LogP contribution in [0, 0.1) is 17.3 Å². The molecule has 3 nitrogen and oxygen atoms in total. The molecule has 98 valence electrons. The van der Waals surface area contributed by atoms with Crippen molar-refractivity contribution in [2.75, 3.05) is 19.7 Å². The van der Waals surface area contributed by atoms with Gasteiger partial charge >= 0.3 is 5.97 Å². The first-order valence-corrected chi connectivity index (χ1v) is 7.06. The minimum absolute atomic E-state index is 0.00516. The van der Waals surface area contributed by atoms with E-state index < -0.39 is 0 Å². The van der Waals surface area contributed by atoms with Crippen LogP contribution in [0.1, 0.15) is 46.0 Å². The quantitative estimate of drug-likeness (QED) is 0.768. The van der Waals surface area contributed by atoms with E-state index in [2.05, 4.69) is 12.2 Å². The molecule has 1 saturated carbocycles. The third-order valence-corrected chi connectivity index (χ3v) is 4.76. The summed E-state index contributed by atoms with van der Waals surface area (Å²) in [6, 6.07) is 0. The van der Waals surface area contributed by atoms with E-state index in [1.807, 2.05) is 6.92 Å². The zero-order valence-corrected chi connectivity index (χ0v) is 11.1. The molecule has 1 N–H and O–H groups in total. The molecule has 2 atom stereocenters. The van der Waals surface area contributed by atoms with Crippen molar-refractivity contribution in [2.24, 2.45) is 17.3 Å². The lowest BCUT2D eigenvalue weighted by Crippen LogP contribution is -2.40. The standard InChI is InChI=1S/C14H25NO2/c1-3-17-13(16)12-9-15-10-14(12,2)11-7-5-4-6-8-11/h11-12,15H,3-10H2,1-2H3. The Bertz CT molecular complexity index is 273. The Morgan fingerprint density at radius 3 is 2.71 bits per heavy atom. The summed E-state index contributed by atoms with van der Waals surface area (Å²) >= 11 is 0. The first-order valence-electron chi connectivity index (χ1n) is 7.06. The van der Waals surface area contributed by atoms with Crippen molar-refractivity contribution in [3.63, 3.8) is 0 Å². The molecule has 2 fully saturated rings. The van der Waals surface area contributed by atoms with Gasteiger partial charge in [-0.2, -0.15) is 0 Å². The molecular weight excluding hydrogens is 214 g/mol. The molecule has 0 aromatic rings. The van der Waals surface area contributed by atoms with Gasteiger partial charge in [0.05, 0.1) is 12.5 Å². The summed E-state index contributed by atoms with van der Waals surface area (Å²) in [6.07, 6.45) is 6.60. The van der Waals surface area contributed by atoms with Crippen molar-refractivity contribution >= 4 is 5.97 Å². The van der Waals surface area contributed by atoms with Crippen LogP contribution in [0.15, 0.2) is 0 Å². The van der Waals surface area contributed by atoms with Gasteiger partial charge in [-0.05, 0) is 31.1 Å². The first-order chi connectivity index (χ1) is 8.18. The van der Waals surface area contributed by atoms with Gasteiger partial charge in [0.25, 0.3) is 0 Å². The van der Waals surface area contributed by atoms with Gasteiger partial charge in [-0.25, -0.2) is 0 Å². The summed E-state index contributed by atoms with van der Waals surface area (Å²) in [5.74, 6) is 0.761. The van der Waals surface area contributed by atoms with Crippen LogP contribution >= 0.6 is 0 Å². The largest absolute Gasteiger partial charge is 0.466 e. The summed E-state index contributed by atoms with van der Waals surface area (Å²) < 4.78 is 5.23. The molecule has 0 radical (unpaired) electrons. The highest BCUT2D eigenvalue weighted by molar-refractivity contribution is 5.74. The minimum atomic E-state index is 0.00516. The van der Waals surface area contributed by atoms with Crippen molar-refractivity contribution in [2.45, 2.75) is 46.0 Å². The van der Waals surface area contributed by atoms with E-state index in [1.165, 1.54) is 32.1 Å². The van der Waals surface area contributed by atoms with Crippen molar-refractivity contribution < 1.29 is 9.53 Å². The fraction of sp³-hybridized carbons (Fsp3) is 0.929. The van der Waals surface area contributed by atoms with Crippen LogP contribution in [-0.4, -0.2) is 25.7 Å². The van der Waals surface area contributed by atoms with E-state index in [1.54, 1.807) is 0 Å². The van der Waals surface area contributed by atoms with Crippen LogP contribution in [0.3, 0.4) is 0 Å². The second-order valence-corrected chi connectivity index (χ2v) is 5.78. The van der Waals surface area contributed by atoms with E-state index >= 15 is 0 Å². The van der Waals surface area contributed by atoms with Crippen molar-refractivity contribution in [3.05, 3.63) is 0 Å². The summed E-state index contributed by atoms with van der Waals surface area (Å²) in [5.41, 5.74) is 0.118. The second kappa shape index (κ2) is 5.38. The van der Waals surface area contributed by atoms with Gasteiger partial charge in [-0.1, -0.05) is 26.2 Å². The van der Waals surface area contributed by atoms with Gasteiger partial charge in [0.2, 0.25) is 0 Å². The number of esters is 1. The van der Waals surface area contributed by atoms with E-state index in [9.17, 15) is 4.79 Å². The highest BCUT2D eigenvalue weighted by atomic mass is 16.5. The molecule has 0 amide bonds. The number of hydrogen-bond acceptors (Lipinski definition) is 3. The molecule has 17 heavy (non-hydrogen) atoms. The Labute approximate surface area is 104 Å². The number of nitrogens with one attached hydrogen (secondary N) is 1. The molecule has 3 heteroatoms. The smallest absolute Gasteiger partial charge is 0.310 e. The van der Waals surface area contributed by atoms with E-state index in [0.29, 0.717) is 12.5 Å². The summed E-state index contributed by atoms with van der Waals surface area (Å²) in [5, 5.41) is 3.40. The zero-order chi connectivity index (χ0) is 12.3. The molecule has 0 aromatic carbocycles. The lowest BCUT2D eigenvalue weighted by molar-refractivity contribution is -0.152. The van der Waals surface area contributed by atoms with Gasteiger partial charge in [0.1, 0.15) is 0 Å². The maximum Gasteiger partial charge on any atom is 0.310 e. The van der Waals surface area contributed by atoms with Crippen LogP contribution in [0.5, 0.6) is 0 Å². The minimum Gasteiger partial charge on any atom is -0.466 e. The lowest BCUT2D eigenvalue weighted by Gasteiger charge is -2.39. The normalized spacial score (nSPS) is 34.8. The molecule has 1 aliphatic heterocycles. The molecule has 0 aromatic heterocycles. The number of ether oxygens (including phenoxy) is 1. The SMILES string of the molecule is CCOC(=O)C1CNCC1(C)C1CCCCC1. The Morgan fingerprint density at radius 1 is 1.35 bits per heavy atom. The van der Waals surface area contributed by atoms with E-state index in [4.69, 9.17) is 4.74 Å².